The summed E-state index contributed by atoms with van der Waals surface area (Å²) in [4.78, 5) is 17.6. The van der Waals surface area contributed by atoms with Crippen LogP contribution in [0.2, 0.25) is 0 Å². The number of nitrogens with zero attached hydrogens (tertiary/aromatic N) is 2. The highest BCUT2D eigenvalue weighted by atomic mass is 16.5. The number of aliphatic imine (C=N–C) groups is 1. The smallest absolute Gasteiger partial charge is 0.265 e. The standard InChI is InChI=1S/C23H24N2O3/c1-15-9-10-17(12-16(15)2)25-22(26)20-8-4-3-7-19(20)21(23(25)27)14-24-13-18-6-5-11-28-18/h3-4,7-10,12,14,18,27H,5-6,11,13H2,1-2H3. The van der Waals surface area contributed by atoms with E-state index in [1.807, 2.05) is 50.2 Å². The van der Waals surface area contributed by atoms with E-state index in [4.69, 9.17) is 4.74 Å². The number of aromatic hydroxyl groups is 1. The first-order valence-corrected chi connectivity index (χ1v) is 9.62. The summed E-state index contributed by atoms with van der Waals surface area (Å²) in [6.07, 6.45) is 3.87. The number of rotatable bonds is 4. The van der Waals surface area contributed by atoms with E-state index in [9.17, 15) is 9.90 Å². The molecule has 2 aromatic carbocycles. The molecule has 1 unspecified atom stereocenters. The van der Waals surface area contributed by atoms with Gasteiger partial charge in [-0.05, 0) is 56.0 Å². The van der Waals surface area contributed by atoms with Crippen LogP contribution in [-0.2, 0) is 4.74 Å². The van der Waals surface area contributed by atoms with Crippen LogP contribution in [0.3, 0.4) is 0 Å². The van der Waals surface area contributed by atoms with Gasteiger partial charge >= 0.3 is 0 Å². The maximum Gasteiger partial charge on any atom is 0.265 e. The number of aryl methyl sites for hydroxylation is 2. The van der Waals surface area contributed by atoms with Gasteiger partial charge in [0.2, 0.25) is 5.88 Å². The lowest BCUT2D eigenvalue weighted by Crippen LogP contribution is -2.20. The Morgan fingerprint density at radius 1 is 1.18 bits per heavy atom. The molecule has 28 heavy (non-hydrogen) atoms. The summed E-state index contributed by atoms with van der Waals surface area (Å²) < 4.78 is 6.98. The molecule has 0 bridgehead atoms. The van der Waals surface area contributed by atoms with Gasteiger partial charge in [-0.2, -0.15) is 0 Å². The van der Waals surface area contributed by atoms with Crippen molar-refractivity contribution in [2.45, 2.75) is 32.8 Å². The van der Waals surface area contributed by atoms with Crippen molar-refractivity contribution in [2.75, 3.05) is 13.2 Å². The number of fused-ring (bicyclic) bond motifs is 1. The average molecular weight is 376 g/mol. The number of hydrogen-bond donors (Lipinski definition) is 1. The topological polar surface area (TPSA) is 63.8 Å². The van der Waals surface area contributed by atoms with Crippen LogP contribution in [0.4, 0.5) is 0 Å². The number of benzene rings is 2. The zero-order chi connectivity index (χ0) is 19.7. The number of aromatic nitrogens is 1. The molecule has 0 radical (unpaired) electrons. The molecule has 5 nitrogen and oxygen atoms in total. The van der Waals surface area contributed by atoms with Crippen LogP contribution in [0.5, 0.6) is 5.88 Å². The predicted molar refractivity (Wildman–Crippen MR) is 112 cm³/mol. The van der Waals surface area contributed by atoms with E-state index in [1.54, 1.807) is 12.3 Å². The van der Waals surface area contributed by atoms with Crippen molar-refractivity contribution in [1.29, 1.82) is 0 Å². The maximum absolute atomic E-state index is 13.1. The Bertz CT molecular complexity index is 1110. The van der Waals surface area contributed by atoms with Crippen LogP contribution in [0.25, 0.3) is 16.5 Å². The van der Waals surface area contributed by atoms with Crippen molar-refractivity contribution < 1.29 is 9.84 Å². The molecule has 1 fully saturated rings. The monoisotopic (exact) mass is 376 g/mol. The second-order valence-corrected chi connectivity index (χ2v) is 7.32. The minimum Gasteiger partial charge on any atom is -0.494 e. The molecule has 1 aliphatic rings. The van der Waals surface area contributed by atoms with Gasteiger partial charge in [-0.25, -0.2) is 4.57 Å². The van der Waals surface area contributed by atoms with Crippen molar-refractivity contribution in [3.8, 4) is 11.6 Å². The first kappa shape index (κ1) is 18.4. The van der Waals surface area contributed by atoms with E-state index in [1.165, 1.54) is 4.57 Å². The van der Waals surface area contributed by atoms with Crippen molar-refractivity contribution in [2.24, 2.45) is 4.99 Å². The highest BCUT2D eigenvalue weighted by molar-refractivity contribution is 6.01. The summed E-state index contributed by atoms with van der Waals surface area (Å²) in [6.45, 7) is 5.35. The molecule has 4 rings (SSSR count). The van der Waals surface area contributed by atoms with Gasteiger partial charge in [0, 0.05) is 23.6 Å². The molecule has 1 aromatic heterocycles. The Morgan fingerprint density at radius 2 is 1.96 bits per heavy atom. The normalized spacial score (nSPS) is 17.0. The lowest BCUT2D eigenvalue weighted by molar-refractivity contribution is 0.118. The summed E-state index contributed by atoms with van der Waals surface area (Å²) in [6, 6.07) is 13.0. The molecule has 0 saturated carbocycles. The van der Waals surface area contributed by atoms with Crippen LogP contribution in [-0.4, -0.2) is 35.1 Å². The fourth-order valence-corrected chi connectivity index (χ4v) is 3.64. The molecule has 3 aromatic rings. The molecule has 144 valence electrons. The Morgan fingerprint density at radius 3 is 2.68 bits per heavy atom. The first-order chi connectivity index (χ1) is 13.6. The Hall–Kier alpha value is -2.92. The molecular formula is C23H24N2O3. The molecule has 1 atom stereocenters. The zero-order valence-corrected chi connectivity index (χ0v) is 16.2. The highest BCUT2D eigenvalue weighted by Crippen LogP contribution is 2.26. The minimum absolute atomic E-state index is 0.0944. The lowest BCUT2D eigenvalue weighted by Gasteiger charge is -2.15. The number of hydrogen-bond acceptors (Lipinski definition) is 4. The lowest BCUT2D eigenvalue weighted by atomic mass is 10.1. The highest BCUT2D eigenvalue weighted by Gasteiger charge is 2.17. The fourth-order valence-electron chi connectivity index (χ4n) is 3.64. The molecule has 5 heteroatoms. The van der Waals surface area contributed by atoms with Crippen molar-refractivity contribution in [3.05, 3.63) is 69.5 Å². The van der Waals surface area contributed by atoms with Crippen LogP contribution < -0.4 is 5.56 Å². The van der Waals surface area contributed by atoms with Crippen LogP contribution in [0, 0.1) is 13.8 Å². The molecule has 1 saturated heterocycles. The van der Waals surface area contributed by atoms with Gasteiger partial charge in [-0.15, -0.1) is 0 Å². The van der Waals surface area contributed by atoms with Crippen LogP contribution in [0.1, 0.15) is 29.5 Å². The fraction of sp³-hybridized carbons (Fsp3) is 0.304. The maximum atomic E-state index is 13.1. The van der Waals surface area contributed by atoms with E-state index < -0.39 is 0 Å². The third kappa shape index (κ3) is 3.34. The van der Waals surface area contributed by atoms with E-state index in [2.05, 4.69) is 4.99 Å². The third-order valence-corrected chi connectivity index (χ3v) is 5.41. The molecule has 0 spiro atoms. The Labute approximate surface area is 163 Å². The number of ether oxygens (including phenoxy) is 1. The quantitative estimate of drug-likeness (QED) is 0.702. The summed E-state index contributed by atoms with van der Waals surface area (Å²) in [5.74, 6) is -0.0944. The predicted octanol–water partition coefficient (Wildman–Crippen LogP) is 3.91. The van der Waals surface area contributed by atoms with Crippen LogP contribution >= 0.6 is 0 Å². The summed E-state index contributed by atoms with van der Waals surface area (Å²) in [7, 11) is 0. The molecular weight excluding hydrogens is 352 g/mol. The van der Waals surface area contributed by atoms with E-state index in [0.717, 1.165) is 30.6 Å². The van der Waals surface area contributed by atoms with Crippen molar-refractivity contribution in [3.63, 3.8) is 0 Å². The van der Waals surface area contributed by atoms with Crippen molar-refractivity contribution in [1.82, 2.24) is 4.57 Å². The molecule has 2 heterocycles. The first-order valence-electron chi connectivity index (χ1n) is 9.62. The summed E-state index contributed by atoms with van der Waals surface area (Å²) >= 11 is 0. The Kier molecular flexibility index (Phi) is 5.01. The summed E-state index contributed by atoms with van der Waals surface area (Å²) in [5, 5.41) is 12.3. The molecule has 0 amide bonds. The van der Waals surface area contributed by atoms with E-state index in [0.29, 0.717) is 28.6 Å². The van der Waals surface area contributed by atoms with Gasteiger partial charge < -0.3 is 9.84 Å². The second-order valence-electron chi connectivity index (χ2n) is 7.32. The Balaban J connectivity index is 1.87. The van der Waals surface area contributed by atoms with Gasteiger partial charge in [0.05, 0.1) is 23.9 Å². The largest absolute Gasteiger partial charge is 0.494 e. The SMILES string of the molecule is Cc1ccc(-n2c(O)c(C=NCC3CCCO3)c3ccccc3c2=O)cc1C. The van der Waals surface area contributed by atoms with E-state index in [-0.39, 0.29) is 17.5 Å². The van der Waals surface area contributed by atoms with Gasteiger partial charge in [0.15, 0.2) is 0 Å². The average Bonchev–Trinajstić information content (AvgIpc) is 3.21. The zero-order valence-electron chi connectivity index (χ0n) is 16.2. The summed E-state index contributed by atoms with van der Waals surface area (Å²) in [5.41, 5.74) is 3.14. The molecule has 0 aliphatic carbocycles. The van der Waals surface area contributed by atoms with E-state index >= 15 is 0 Å². The molecule has 1 aliphatic heterocycles. The van der Waals surface area contributed by atoms with Gasteiger partial charge in [-0.1, -0.05) is 24.3 Å². The molecule has 1 N–H and O–H groups in total. The third-order valence-electron chi connectivity index (χ3n) is 5.41. The minimum atomic E-state index is -0.243. The van der Waals surface area contributed by atoms with Gasteiger partial charge in [-0.3, -0.25) is 9.79 Å². The number of pyridine rings is 1. The van der Waals surface area contributed by atoms with Crippen LogP contribution in [0.15, 0.2) is 52.3 Å². The second kappa shape index (κ2) is 7.60. The van der Waals surface area contributed by atoms with Gasteiger partial charge in [0.25, 0.3) is 5.56 Å². The van der Waals surface area contributed by atoms with Gasteiger partial charge in [0.1, 0.15) is 0 Å². The van der Waals surface area contributed by atoms with Crippen molar-refractivity contribution >= 4 is 17.0 Å².